The van der Waals surface area contributed by atoms with Gasteiger partial charge in [0.25, 0.3) is 0 Å². The number of rotatable bonds is 7. The van der Waals surface area contributed by atoms with Crippen molar-refractivity contribution in [2.75, 3.05) is 32.7 Å². The maximum Gasteiger partial charge on any atom is 0.0656 e. The van der Waals surface area contributed by atoms with E-state index in [0.29, 0.717) is 29.4 Å². The smallest absolute Gasteiger partial charge is 0.0656 e. The summed E-state index contributed by atoms with van der Waals surface area (Å²) in [6.45, 7) is 23.3. The zero-order valence-corrected chi connectivity index (χ0v) is 28.6. The predicted molar refractivity (Wildman–Crippen MR) is 190 cm³/mol. The molecule has 2 fully saturated rings. The maximum absolute atomic E-state index is 6.58. The van der Waals surface area contributed by atoms with Gasteiger partial charge < -0.3 is 16.4 Å². The van der Waals surface area contributed by atoms with Crippen molar-refractivity contribution in [1.29, 1.82) is 0 Å². The van der Waals surface area contributed by atoms with E-state index in [1.54, 1.807) is 0 Å². The normalized spacial score (nSPS) is 18.8. The van der Waals surface area contributed by atoms with Crippen LogP contribution in [0.15, 0.2) is 102 Å². The van der Waals surface area contributed by atoms with Crippen LogP contribution in [0.1, 0.15) is 58.6 Å². The molecule has 0 radical (unpaired) electrons. The Morgan fingerprint density at radius 3 is 2.00 bits per heavy atom. The number of hydrogen-bond acceptors (Lipinski definition) is 5. The molecule has 2 aromatic carbocycles. The van der Waals surface area contributed by atoms with E-state index in [1.807, 2.05) is 82.3 Å². The zero-order valence-electron chi connectivity index (χ0n) is 27.1. The summed E-state index contributed by atoms with van der Waals surface area (Å²) in [5.41, 5.74) is 15.6. The number of nitrogens with two attached hydrogens (primary N) is 2. The fraction of sp³-hybridized carbons (Fsp3) is 0.444. The second-order valence-electron chi connectivity index (χ2n) is 10.3. The summed E-state index contributed by atoms with van der Waals surface area (Å²) >= 11 is 12.6. The van der Waals surface area contributed by atoms with Gasteiger partial charge in [0.2, 0.25) is 0 Å². The highest BCUT2D eigenvalue weighted by molar-refractivity contribution is 6.32. The number of nitrogens with zero attached hydrogens (tertiary/aromatic N) is 3. The average molecular weight is 629 g/mol. The summed E-state index contributed by atoms with van der Waals surface area (Å²) in [6.07, 6.45) is 8.28. The van der Waals surface area contributed by atoms with E-state index in [1.165, 1.54) is 24.0 Å². The van der Waals surface area contributed by atoms with E-state index < -0.39 is 0 Å². The molecule has 238 valence electrons. The lowest BCUT2D eigenvalue weighted by Crippen LogP contribution is -2.57. The Morgan fingerprint density at radius 1 is 0.907 bits per heavy atom. The zero-order chi connectivity index (χ0) is 32.2. The van der Waals surface area contributed by atoms with Gasteiger partial charge in [-0.1, -0.05) is 91.7 Å². The molecule has 43 heavy (non-hydrogen) atoms. The van der Waals surface area contributed by atoms with E-state index in [2.05, 4.69) is 53.0 Å². The Kier molecular flexibility index (Phi) is 19.7. The highest BCUT2D eigenvalue weighted by atomic mass is 35.5. The van der Waals surface area contributed by atoms with Crippen LogP contribution in [0.25, 0.3) is 0 Å². The van der Waals surface area contributed by atoms with Gasteiger partial charge >= 0.3 is 0 Å². The molecule has 4 rings (SSSR count). The molecule has 2 saturated heterocycles. The van der Waals surface area contributed by atoms with Gasteiger partial charge in [-0.2, -0.15) is 0 Å². The molecule has 0 aliphatic carbocycles. The number of piperazine rings is 1. The third kappa shape index (κ3) is 13.3. The van der Waals surface area contributed by atoms with Gasteiger partial charge in [0.1, 0.15) is 0 Å². The molecule has 0 aromatic heterocycles. The molecule has 2 aliphatic rings. The SMILES string of the molecule is C/C=C(/C(Cl)=C\C(N)=C/C)N1CCN(C2CCN(Cc3ccc(Cl)cc3)CC2)C(C)C1.C=C.CC.NCc1ccccc1. The van der Waals surface area contributed by atoms with Crippen molar-refractivity contribution in [3.63, 3.8) is 0 Å². The van der Waals surface area contributed by atoms with Crippen molar-refractivity contribution >= 4 is 23.2 Å². The van der Waals surface area contributed by atoms with E-state index in [9.17, 15) is 0 Å². The number of allylic oxidation sites excluding steroid dienone is 4. The van der Waals surface area contributed by atoms with Gasteiger partial charge in [-0.05, 0) is 76.0 Å². The standard InChI is InChI=1S/C25H36Cl2N4.C7H9N.C2H6.C2H4/c1-4-22(28)16-24(27)25(5-2)30-14-15-31(19(3)17-30)23-10-12-29(13-11-23)18-20-6-8-21(26)9-7-20;8-6-7-4-2-1-3-5-7;2*1-2/h4-9,16,19,23H,10-15,17-18,28H2,1-3H3;1-5H,6,8H2;1-2H3;1-2H2/b22-4+,24-16+,25-5-;;;. The van der Waals surface area contributed by atoms with Crippen LogP contribution >= 0.6 is 23.2 Å². The number of benzene rings is 2. The van der Waals surface area contributed by atoms with E-state index in [0.717, 1.165) is 50.0 Å². The fourth-order valence-electron chi connectivity index (χ4n) is 5.38. The topological polar surface area (TPSA) is 61.8 Å². The van der Waals surface area contributed by atoms with Crippen LogP contribution in [-0.2, 0) is 13.1 Å². The summed E-state index contributed by atoms with van der Waals surface area (Å²) in [6, 6.07) is 19.4. The van der Waals surface area contributed by atoms with Gasteiger partial charge in [-0.25, -0.2) is 0 Å². The first-order chi connectivity index (χ1) is 20.8. The minimum atomic E-state index is 0.500. The predicted octanol–water partition coefficient (Wildman–Crippen LogP) is 8.17. The van der Waals surface area contributed by atoms with Crippen molar-refractivity contribution in [3.05, 3.63) is 119 Å². The molecule has 0 saturated carbocycles. The van der Waals surface area contributed by atoms with Crippen LogP contribution in [0.4, 0.5) is 0 Å². The maximum atomic E-state index is 6.58. The van der Waals surface area contributed by atoms with Crippen LogP contribution < -0.4 is 11.5 Å². The molecule has 0 spiro atoms. The number of likely N-dealkylation sites (tertiary alicyclic amines) is 1. The first kappa shape index (κ1) is 38.5. The average Bonchev–Trinajstić information content (AvgIpc) is 3.05. The Labute approximate surface area is 272 Å². The molecule has 0 amide bonds. The molecule has 2 heterocycles. The Balaban J connectivity index is 0.000000651. The summed E-state index contributed by atoms with van der Waals surface area (Å²) in [5, 5.41) is 1.52. The lowest BCUT2D eigenvalue weighted by atomic mass is 9.99. The Bertz CT molecular complexity index is 1110. The summed E-state index contributed by atoms with van der Waals surface area (Å²) in [7, 11) is 0. The first-order valence-corrected chi connectivity index (χ1v) is 16.3. The summed E-state index contributed by atoms with van der Waals surface area (Å²) in [5.74, 6) is 0. The molecular weight excluding hydrogens is 573 g/mol. The monoisotopic (exact) mass is 627 g/mol. The molecule has 5 nitrogen and oxygen atoms in total. The van der Waals surface area contributed by atoms with Crippen molar-refractivity contribution < 1.29 is 0 Å². The molecule has 2 aliphatic heterocycles. The quantitative estimate of drug-likeness (QED) is 0.239. The lowest BCUT2D eigenvalue weighted by Gasteiger charge is -2.47. The molecule has 1 unspecified atom stereocenters. The van der Waals surface area contributed by atoms with Crippen molar-refractivity contribution in [2.24, 2.45) is 11.5 Å². The third-order valence-corrected chi connectivity index (χ3v) is 8.14. The number of hydrogen-bond donors (Lipinski definition) is 2. The van der Waals surface area contributed by atoms with E-state index in [4.69, 9.17) is 34.7 Å². The summed E-state index contributed by atoms with van der Waals surface area (Å²) in [4.78, 5) is 7.68. The molecule has 1 atom stereocenters. The molecule has 7 heteroatoms. The fourth-order valence-corrected chi connectivity index (χ4v) is 5.86. The molecule has 0 bridgehead atoms. The van der Waals surface area contributed by atoms with Gasteiger partial charge in [0, 0.05) is 55.5 Å². The van der Waals surface area contributed by atoms with Gasteiger partial charge in [0.15, 0.2) is 0 Å². The van der Waals surface area contributed by atoms with Crippen LogP contribution in [0.3, 0.4) is 0 Å². The van der Waals surface area contributed by atoms with Crippen molar-refractivity contribution in [3.8, 4) is 0 Å². The van der Waals surface area contributed by atoms with Crippen LogP contribution in [0, 0.1) is 0 Å². The lowest BCUT2D eigenvalue weighted by molar-refractivity contribution is 0.0321. The Morgan fingerprint density at radius 2 is 1.51 bits per heavy atom. The third-order valence-electron chi connectivity index (χ3n) is 7.59. The van der Waals surface area contributed by atoms with Crippen LogP contribution in [0.5, 0.6) is 0 Å². The van der Waals surface area contributed by atoms with E-state index >= 15 is 0 Å². The minimum absolute atomic E-state index is 0.500. The van der Waals surface area contributed by atoms with Crippen molar-refractivity contribution in [1.82, 2.24) is 14.7 Å². The minimum Gasteiger partial charge on any atom is -0.399 e. The van der Waals surface area contributed by atoms with Crippen LogP contribution in [-0.4, -0.2) is 59.5 Å². The highest BCUT2D eigenvalue weighted by Crippen LogP contribution is 2.27. The van der Waals surface area contributed by atoms with Gasteiger partial charge in [-0.3, -0.25) is 9.80 Å². The first-order valence-electron chi connectivity index (χ1n) is 15.5. The molecular formula is C36H55Cl2N5. The molecule has 2 aromatic rings. The summed E-state index contributed by atoms with van der Waals surface area (Å²) < 4.78 is 0. The van der Waals surface area contributed by atoms with Gasteiger partial charge in [-0.15, -0.1) is 13.2 Å². The second-order valence-corrected chi connectivity index (χ2v) is 11.2. The highest BCUT2D eigenvalue weighted by Gasteiger charge is 2.32. The van der Waals surface area contributed by atoms with Crippen molar-refractivity contribution in [2.45, 2.75) is 72.6 Å². The molecule has 4 N–H and O–H groups in total. The van der Waals surface area contributed by atoms with Gasteiger partial charge in [0.05, 0.1) is 10.7 Å². The largest absolute Gasteiger partial charge is 0.399 e. The number of piperidine rings is 1. The van der Waals surface area contributed by atoms with Crippen LogP contribution in [0.2, 0.25) is 5.02 Å². The Hall–Kier alpha value is -2.54. The second kappa shape index (κ2) is 22.0. The van der Waals surface area contributed by atoms with E-state index in [-0.39, 0.29) is 0 Å². The number of halogens is 2.